The first-order valence-electron chi connectivity index (χ1n) is 6.50. The van der Waals surface area contributed by atoms with Crippen LogP contribution in [0.5, 0.6) is 0 Å². The third-order valence-electron chi connectivity index (χ3n) is 3.46. The molecule has 0 saturated carbocycles. The third kappa shape index (κ3) is 2.38. The van der Waals surface area contributed by atoms with Crippen molar-refractivity contribution in [2.45, 2.75) is 6.54 Å². The highest BCUT2D eigenvalue weighted by molar-refractivity contribution is 6.51. The van der Waals surface area contributed by atoms with Crippen molar-refractivity contribution in [3.05, 3.63) is 59.4 Å². The zero-order chi connectivity index (χ0) is 15.0. The van der Waals surface area contributed by atoms with Gasteiger partial charge in [0, 0.05) is 13.6 Å². The van der Waals surface area contributed by atoms with Crippen LogP contribution in [-0.2, 0) is 11.3 Å². The Kier molecular flexibility index (Phi) is 3.17. The molecular formula is C16H13FN2O2. The average Bonchev–Trinajstić information content (AvgIpc) is 2.74. The van der Waals surface area contributed by atoms with Gasteiger partial charge in [-0.2, -0.15) is 0 Å². The minimum Gasteiger partial charge on any atom is -0.368 e. The Morgan fingerprint density at radius 1 is 1.14 bits per heavy atom. The maximum Gasteiger partial charge on any atom is 0.296 e. The van der Waals surface area contributed by atoms with Crippen LogP contribution >= 0.6 is 0 Å². The fraction of sp³-hybridized carbons (Fsp3) is 0.125. The smallest absolute Gasteiger partial charge is 0.296 e. The van der Waals surface area contributed by atoms with Gasteiger partial charge in [-0.1, -0.05) is 30.3 Å². The van der Waals surface area contributed by atoms with E-state index in [2.05, 4.69) is 5.32 Å². The van der Waals surface area contributed by atoms with Gasteiger partial charge in [-0.15, -0.1) is 0 Å². The third-order valence-corrected chi connectivity index (χ3v) is 3.46. The Morgan fingerprint density at radius 3 is 2.57 bits per heavy atom. The van der Waals surface area contributed by atoms with Gasteiger partial charge in [0.25, 0.3) is 11.7 Å². The summed E-state index contributed by atoms with van der Waals surface area (Å²) < 4.78 is 14.2. The molecule has 0 saturated heterocycles. The number of hydrogen-bond acceptors (Lipinski definition) is 3. The molecule has 1 N–H and O–H groups in total. The summed E-state index contributed by atoms with van der Waals surface area (Å²) in [6.45, 7) is 0.526. The predicted molar refractivity (Wildman–Crippen MR) is 77.9 cm³/mol. The molecule has 0 atom stereocenters. The van der Waals surface area contributed by atoms with Crippen molar-refractivity contribution in [3.63, 3.8) is 0 Å². The molecule has 0 bridgehead atoms. The van der Waals surface area contributed by atoms with Gasteiger partial charge < -0.3 is 10.2 Å². The summed E-state index contributed by atoms with van der Waals surface area (Å²) in [7, 11) is 1.76. The lowest BCUT2D eigenvalue weighted by Gasteiger charge is -2.20. The number of carbonyl (C=O) groups excluding carboxylic acids is 2. The standard InChI is InChI=1S/C16H13FN2O2/c1-19(9-10-5-3-2-4-6-10)14-8-13-11(7-12(14)17)15(20)16(21)18-13/h2-8H,9H2,1H3,(H,18,20,21). The molecule has 2 aromatic rings. The Morgan fingerprint density at radius 2 is 1.86 bits per heavy atom. The number of ketones is 1. The van der Waals surface area contributed by atoms with Gasteiger partial charge in [0.05, 0.1) is 16.9 Å². The summed E-state index contributed by atoms with van der Waals surface area (Å²) in [5.41, 5.74) is 1.84. The normalized spacial score (nSPS) is 13.0. The molecule has 5 heteroatoms. The van der Waals surface area contributed by atoms with Gasteiger partial charge in [-0.3, -0.25) is 9.59 Å². The minimum atomic E-state index is -0.715. The summed E-state index contributed by atoms with van der Waals surface area (Å²) in [4.78, 5) is 24.6. The lowest BCUT2D eigenvalue weighted by Crippen LogP contribution is -2.18. The molecule has 1 heterocycles. The maximum atomic E-state index is 14.2. The average molecular weight is 284 g/mol. The summed E-state index contributed by atoms with van der Waals surface area (Å²) in [6.07, 6.45) is 0. The molecule has 21 heavy (non-hydrogen) atoms. The van der Waals surface area contributed by atoms with Crippen molar-refractivity contribution in [2.75, 3.05) is 17.3 Å². The number of amides is 1. The number of hydrogen-bond donors (Lipinski definition) is 1. The zero-order valence-electron chi connectivity index (χ0n) is 11.4. The van der Waals surface area contributed by atoms with Crippen molar-refractivity contribution in [1.29, 1.82) is 0 Å². The van der Waals surface area contributed by atoms with E-state index in [4.69, 9.17) is 0 Å². The number of Topliss-reactive ketones (excluding diaryl/α,β-unsaturated/α-hetero) is 1. The first-order valence-corrected chi connectivity index (χ1v) is 6.50. The first-order chi connectivity index (χ1) is 10.1. The molecule has 1 amide bonds. The van der Waals surface area contributed by atoms with Crippen molar-refractivity contribution in [2.24, 2.45) is 0 Å². The Hall–Kier alpha value is -2.69. The van der Waals surface area contributed by atoms with E-state index in [0.29, 0.717) is 17.9 Å². The van der Waals surface area contributed by atoms with Crippen LogP contribution in [0, 0.1) is 5.82 Å². The summed E-state index contributed by atoms with van der Waals surface area (Å²) in [5.74, 6) is -1.93. The van der Waals surface area contributed by atoms with Crippen molar-refractivity contribution in [1.82, 2.24) is 0 Å². The van der Waals surface area contributed by atoms with Crippen LogP contribution in [0.4, 0.5) is 15.8 Å². The Labute approximate surface area is 121 Å². The number of rotatable bonds is 3. The molecule has 0 unspecified atom stereocenters. The molecule has 1 aliphatic heterocycles. The van der Waals surface area contributed by atoms with Crippen molar-refractivity contribution < 1.29 is 14.0 Å². The topological polar surface area (TPSA) is 49.4 Å². The van der Waals surface area contributed by atoms with Gasteiger partial charge in [0.1, 0.15) is 5.82 Å². The highest BCUT2D eigenvalue weighted by Crippen LogP contribution is 2.31. The van der Waals surface area contributed by atoms with Gasteiger partial charge in [-0.25, -0.2) is 4.39 Å². The van der Waals surface area contributed by atoms with E-state index in [-0.39, 0.29) is 5.56 Å². The van der Waals surface area contributed by atoms with Gasteiger partial charge in [-0.05, 0) is 17.7 Å². The number of benzene rings is 2. The molecule has 0 aromatic heterocycles. The summed E-state index contributed by atoms with van der Waals surface area (Å²) in [5, 5.41) is 2.45. The monoisotopic (exact) mass is 284 g/mol. The fourth-order valence-electron chi connectivity index (χ4n) is 2.39. The summed E-state index contributed by atoms with van der Waals surface area (Å²) in [6, 6.07) is 12.3. The quantitative estimate of drug-likeness (QED) is 0.881. The van der Waals surface area contributed by atoms with Crippen LogP contribution in [-0.4, -0.2) is 18.7 Å². The number of nitrogens with zero attached hydrogens (tertiary/aromatic N) is 1. The molecular weight excluding hydrogens is 271 g/mol. The van der Waals surface area contributed by atoms with Crippen LogP contribution < -0.4 is 10.2 Å². The van der Waals surface area contributed by atoms with Crippen LogP contribution in [0.3, 0.4) is 0 Å². The van der Waals surface area contributed by atoms with E-state index in [1.54, 1.807) is 11.9 Å². The molecule has 0 fully saturated rings. The predicted octanol–water partition coefficient (Wildman–Crippen LogP) is 2.60. The molecule has 0 radical (unpaired) electrons. The van der Waals surface area contributed by atoms with E-state index < -0.39 is 17.5 Å². The summed E-state index contributed by atoms with van der Waals surface area (Å²) >= 11 is 0. The van der Waals surface area contributed by atoms with Crippen LogP contribution in [0.2, 0.25) is 0 Å². The molecule has 106 valence electrons. The maximum absolute atomic E-state index is 14.2. The second-order valence-electron chi connectivity index (χ2n) is 4.97. The van der Waals surface area contributed by atoms with E-state index in [0.717, 1.165) is 11.6 Å². The van der Waals surface area contributed by atoms with Gasteiger partial charge in [0.2, 0.25) is 0 Å². The van der Waals surface area contributed by atoms with E-state index >= 15 is 0 Å². The Bertz CT molecular complexity index is 729. The SMILES string of the molecule is CN(Cc1ccccc1)c1cc2c(cc1F)C(=O)C(=O)N2. The van der Waals surface area contributed by atoms with Gasteiger partial charge in [0.15, 0.2) is 0 Å². The van der Waals surface area contributed by atoms with Crippen LogP contribution in [0.25, 0.3) is 0 Å². The lowest BCUT2D eigenvalue weighted by molar-refractivity contribution is -0.112. The highest BCUT2D eigenvalue weighted by Gasteiger charge is 2.29. The van der Waals surface area contributed by atoms with E-state index in [1.165, 1.54) is 6.07 Å². The zero-order valence-corrected chi connectivity index (χ0v) is 11.4. The number of halogens is 1. The minimum absolute atomic E-state index is 0.0920. The van der Waals surface area contributed by atoms with E-state index in [1.807, 2.05) is 30.3 Å². The fourth-order valence-corrected chi connectivity index (χ4v) is 2.39. The first kappa shape index (κ1) is 13.3. The van der Waals surface area contributed by atoms with Crippen molar-refractivity contribution >= 4 is 23.1 Å². The molecule has 0 spiro atoms. The number of carbonyl (C=O) groups is 2. The van der Waals surface area contributed by atoms with Crippen LogP contribution in [0.1, 0.15) is 15.9 Å². The number of nitrogens with one attached hydrogen (secondary N) is 1. The molecule has 2 aromatic carbocycles. The van der Waals surface area contributed by atoms with Gasteiger partial charge >= 0.3 is 0 Å². The lowest BCUT2D eigenvalue weighted by atomic mass is 10.1. The largest absolute Gasteiger partial charge is 0.368 e. The second-order valence-corrected chi connectivity index (χ2v) is 4.97. The molecule has 0 aliphatic carbocycles. The highest BCUT2D eigenvalue weighted by atomic mass is 19.1. The van der Waals surface area contributed by atoms with Crippen molar-refractivity contribution in [3.8, 4) is 0 Å². The van der Waals surface area contributed by atoms with E-state index in [9.17, 15) is 14.0 Å². The number of fused-ring (bicyclic) bond motifs is 1. The van der Waals surface area contributed by atoms with Crippen LogP contribution in [0.15, 0.2) is 42.5 Å². The molecule has 3 rings (SSSR count). The molecule has 4 nitrogen and oxygen atoms in total. The Balaban J connectivity index is 1.91. The number of anilines is 2. The molecule has 1 aliphatic rings. The second kappa shape index (κ2) is 5.01.